The molecule has 0 aromatic rings. The summed E-state index contributed by atoms with van der Waals surface area (Å²) in [5, 5.41) is 0. The Kier molecular flexibility index (Phi) is 6.19. The van der Waals surface area contributed by atoms with Crippen molar-refractivity contribution in [3.63, 3.8) is 0 Å². The highest BCUT2D eigenvalue weighted by Gasteiger charge is 2.05. The summed E-state index contributed by atoms with van der Waals surface area (Å²) in [7, 11) is 1.58. The molecule has 0 aliphatic rings. The molecule has 0 N–H and O–H groups in total. The fourth-order valence-corrected chi connectivity index (χ4v) is 0.604. The molecule has 2 heteroatoms. The van der Waals surface area contributed by atoms with E-state index < -0.39 is 0 Å². The summed E-state index contributed by atoms with van der Waals surface area (Å²) in [5.41, 5.74) is 0. The lowest BCUT2D eigenvalue weighted by Crippen LogP contribution is -2.19. The normalized spacial score (nSPS) is 14.3. The summed E-state index contributed by atoms with van der Waals surface area (Å²) in [4.78, 5) is 0. The van der Waals surface area contributed by atoms with Crippen molar-refractivity contribution in [1.29, 1.82) is 0 Å². The van der Waals surface area contributed by atoms with Gasteiger partial charge in [-0.1, -0.05) is 5.92 Å². The van der Waals surface area contributed by atoms with Crippen molar-refractivity contribution in [2.75, 3.05) is 20.3 Å². The second-order valence-corrected chi connectivity index (χ2v) is 2.51. The minimum atomic E-state index is -0.286. The van der Waals surface area contributed by atoms with E-state index in [9.17, 15) is 0 Å². The number of ether oxygens (including phenoxy) is 2. The molecule has 0 bridgehead atoms. The van der Waals surface area contributed by atoms with Crippen LogP contribution in [0.5, 0.6) is 0 Å². The van der Waals surface area contributed by atoms with E-state index in [4.69, 9.17) is 22.3 Å². The van der Waals surface area contributed by atoms with Crippen LogP contribution in [-0.2, 0) is 9.47 Å². The van der Waals surface area contributed by atoms with Crippen molar-refractivity contribution in [3.05, 3.63) is 0 Å². The average molecular weight is 166 g/mol. The highest BCUT2D eigenvalue weighted by molar-refractivity contribution is 4.96. The van der Waals surface area contributed by atoms with Gasteiger partial charge in [-0.3, -0.25) is 0 Å². The van der Waals surface area contributed by atoms with Crippen LogP contribution in [0.1, 0.15) is 6.92 Å². The van der Waals surface area contributed by atoms with Gasteiger partial charge < -0.3 is 9.47 Å². The van der Waals surface area contributed by atoms with Crippen molar-refractivity contribution < 1.29 is 9.47 Å². The van der Waals surface area contributed by atoms with Crippen LogP contribution >= 0.6 is 0 Å². The Morgan fingerprint density at radius 2 is 1.92 bits per heavy atom. The molecule has 0 saturated heterocycles. The summed E-state index contributed by atoms with van der Waals surface area (Å²) in [6.07, 6.45) is 10.1. The molecular weight excluding hydrogens is 152 g/mol. The molecule has 2 nitrogen and oxygen atoms in total. The number of methoxy groups -OCH3 is 1. The number of hydrogen-bond acceptors (Lipinski definition) is 2. The third-order valence-corrected chi connectivity index (χ3v) is 1.34. The van der Waals surface area contributed by atoms with E-state index in [0.717, 1.165) is 0 Å². The van der Waals surface area contributed by atoms with Crippen molar-refractivity contribution in [2.45, 2.75) is 13.0 Å². The molecule has 0 fully saturated rings. The van der Waals surface area contributed by atoms with Crippen molar-refractivity contribution in [1.82, 2.24) is 0 Å². The van der Waals surface area contributed by atoms with E-state index in [1.807, 2.05) is 6.92 Å². The maximum Gasteiger partial charge on any atom is 0.141 e. The van der Waals surface area contributed by atoms with Gasteiger partial charge in [0.25, 0.3) is 0 Å². The molecule has 0 aromatic carbocycles. The molecule has 0 spiro atoms. The highest BCUT2D eigenvalue weighted by Crippen LogP contribution is 1.97. The monoisotopic (exact) mass is 166 g/mol. The van der Waals surface area contributed by atoms with Gasteiger partial charge in [-0.2, -0.15) is 0 Å². The van der Waals surface area contributed by atoms with Crippen LogP contribution in [0.3, 0.4) is 0 Å². The molecular formula is C10H14O2. The fourth-order valence-electron chi connectivity index (χ4n) is 0.604. The molecule has 2 atom stereocenters. The lowest BCUT2D eigenvalue weighted by molar-refractivity contribution is 0.0234. The largest absolute Gasteiger partial charge is 0.381 e. The minimum Gasteiger partial charge on any atom is -0.381 e. The molecule has 0 rings (SSSR count). The Bertz CT molecular complexity index is 185. The van der Waals surface area contributed by atoms with E-state index in [0.29, 0.717) is 13.2 Å². The SMILES string of the molecule is C#CC(C)COC(C#C)COC. The Hall–Kier alpha value is -0.960. The van der Waals surface area contributed by atoms with E-state index in [-0.39, 0.29) is 12.0 Å². The quantitative estimate of drug-likeness (QED) is 0.565. The third-order valence-electron chi connectivity index (χ3n) is 1.34. The van der Waals surface area contributed by atoms with Crippen LogP contribution in [0.4, 0.5) is 0 Å². The lowest BCUT2D eigenvalue weighted by atomic mass is 10.2. The van der Waals surface area contributed by atoms with Crippen LogP contribution in [0.2, 0.25) is 0 Å². The molecule has 0 heterocycles. The van der Waals surface area contributed by atoms with Gasteiger partial charge in [0.1, 0.15) is 6.10 Å². The molecule has 0 aliphatic carbocycles. The predicted octanol–water partition coefficient (Wildman–Crippen LogP) is 0.920. The van der Waals surface area contributed by atoms with Crippen LogP contribution in [0, 0.1) is 30.6 Å². The van der Waals surface area contributed by atoms with Crippen molar-refractivity contribution >= 4 is 0 Å². The maximum absolute atomic E-state index is 5.28. The van der Waals surface area contributed by atoms with Gasteiger partial charge in [0.15, 0.2) is 0 Å². The average Bonchev–Trinajstić information content (AvgIpc) is 2.11. The summed E-state index contributed by atoms with van der Waals surface area (Å²) in [6.45, 7) is 2.79. The Balaban J connectivity index is 3.61. The molecule has 0 aliphatic heterocycles. The highest BCUT2D eigenvalue weighted by atomic mass is 16.5. The standard InChI is InChI=1S/C10H14O2/c1-5-9(3)7-12-10(6-2)8-11-4/h1-2,9-10H,7-8H2,3-4H3. The molecule has 0 aromatic heterocycles. The van der Waals surface area contributed by atoms with Crippen molar-refractivity contribution in [3.8, 4) is 24.7 Å². The topological polar surface area (TPSA) is 18.5 Å². The van der Waals surface area contributed by atoms with Gasteiger partial charge in [0, 0.05) is 13.0 Å². The Morgan fingerprint density at radius 1 is 1.25 bits per heavy atom. The molecule has 0 amide bonds. The van der Waals surface area contributed by atoms with Crippen LogP contribution < -0.4 is 0 Å². The summed E-state index contributed by atoms with van der Waals surface area (Å²) < 4.78 is 10.1. The first-order valence-electron chi connectivity index (χ1n) is 3.77. The molecule has 0 saturated carbocycles. The van der Waals surface area contributed by atoms with E-state index >= 15 is 0 Å². The number of rotatable bonds is 5. The molecule has 2 unspecified atom stereocenters. The van der Waals surface area contributed by atoms with Gasteiger partial charge in [-0.25, -0.2) is 0 Å². The smallest absolute Gasteiger partial charge is 0.141 e. The zero-order valence-corrected chi connectivity index (χ0v) is 7.54. The first kappa shape index (κ1) is 11.0. The second-order valence-electron chi connectivity index (χ2n) is 2.51. The Morgan fingerprint density at radius 3 is 2.33 bits per heavy atom. The van der Waals surface area contributed by atoms with E-state index in [1.54, 1.807) is 7.11 Å². The van der Waals surface area contributed by atoms with Gasteiger partial charge in [0.05, 0.1) is 13.2 Å². The molecule has 0 radical (unpaired) electrons. The lowest BCUT2D eigenvalue weighted by Gasteiger charge is -2.12. The molecule has 66 valence electrons. The number of terminal acetylenes is 2. The van der Waals surface area contributed by atoms with Gasteiger partial charge in [0.2, 0.25) is 0 Å². The minimum absolute atomic E-state index is 0.0951. The van der Waals surface area contributed by atoms with E-state index in [2.05, 4.69) is 11.8 Å². The van der Waals surface area contributed by atoms with Crippen LogP contribution in [0.15, 0.2) is 0 Å². The van der Waals surface area contributed by atoms with E-state index in [1.165, 1.54) is 0 Å². The van der Waals surface area contributed by atoms with Gasteiger partial charge in [-0.15, -0.1) is 18.8 Å². The van der Waals surface area contributed by atoms with Gasteiger partial charge in [-0.05, 0) is 6.92 Å². The number of hydrogen-bond donors (Lipinski definition) is 0. The fraction of sp³-hybridized carbons (Fsp3) is 0.600. The molecule has 12 heavy (non-hydrogen) atoms. The van der Waals surface area contributed by atoms with Crippen LogP contribution in [0.25, 0.3) is 0 Å². The first-order chi connectivity index (χ1) is 5.74. The summed E-state index contributed by atoms with van der Waals surface area (Å²) >= 11 is 0. The Labute approximate surface area is 74.2 Å². The van der Waals surface area contributed by atoms with Crippen molar-refractivity contribution in [2.24, 2.45) is 5.92 Å². The zero-order chi connectivity index (χ0) is 9.40. The third kappa shape index (κ3) is 4.79. The second kappa shape index (κ2) is 6.73. The first-order valence-corrected chi connectivity index (χ1v) is 3.77. The van der Waals surface area contributed by atoms with Gasteiger partial charge >= 0.3 is 0 Å². The zero-order valence-electron chi connectivity index (χ0n) is 7.54. The predicted molar refractivity (Wildman–Crippen MR) is 48.4 cm³/mol. The summed E-state index contributed by atoms with van der Waals surface area (Å²) in [5.74, 6) is 5.11. The van der Waals surface area contributed by atoms with Crippen LogP contribution in [-0.4, -0.2) is 26.4 Å². The maximum atomic E-state index is 5.28. The summed E-state index contributed by atoms with van der Waals surface area (Å²) in [6, 6.07) is 0.